The molecule has 0 amide bonds. The topological polar surface area (TPSA) is 28.2 Å². The summed E-state index contributed by atoms with van der Waals surface area (Å²) in [7, 11) is 1.74. The average molecular weight is 511 g/mol. The van der Waals surface area contributed by atoms with E-state index in [9.17, 15) is 0 Å². The van der Waals surface area contributed by atoms with E-state index in [1.807, 2.05) is 16.4 Å². The van der Waals surface area contributed by atoms with Crippen LogP contribution in [0.25, 0.3) is 10.1 Å². The van der Waals surface area contributed by atoms with Crippen LogP contribution in [-0.2, 0) is 17.8 Å². The van der Waals surface area contributed by atoms with Crippen molar-refractivity contribution in [2.45, 2.75) is 19.4 Å². The Morgan fingerprint density at radius 2 is 1.79 bits per heavy atom. The number of rotatable bonds is 7. The van der Waals surface area contributed by atoms with Crippen molar-refractivity contribution in [3.05, 3.63) is 59.0 Å². The molecule has 2 aliphatic heterocycles. The fourth-order valence-corrected chi connectivity index (χ4v) is 5.51. The maximum Gasteiger partial charge on any atom is 0.119 e. The van der Waals surface area contributed by atoms with Crippen LogP contribution in [0.3, 0.4) is 0 Å². The van der Waals surface area contributed by atoms with Crippen molar-refractivity contribution < 1.29 is 9.57 Å². The van der Waals surface area contributed by atoms with E-state index in [2.05, 4.69) is 57.6 Å². The van der Waals surface area contributed by atoms with E-state index >= 15 is 0 Å². The summed E-state index contributed by atoms with van der Waals surface area (Å²) < 4.78 is 7.45. The summed E-state index contributed by atoms with van der Waals surface area (Å²) in [5, 5.41) is 5.60. The SMILES string of the molecule is CON1CCc2ccc(OCCCN3CCN(c4cccc5sccc45)CC3)cc2C1.Cl.Cl. The zero-order valence-corrected chi connectivity index (χ0v) is 21.5. The first-order valence-electron chi connectivity index (χ1n) is 11.3. The number of hydroxylamine groups is 2. The molecular weight excluding hydrogens is 477 g/mol. The zero-order chi connectivity index (χ0) is 21.0. The minimum absolute atomic E-state index is 0. The summed E-state index contributed by atoms with van der Waals surface area (Å²) in [6.07, 6.45) is 2.09. The van der Waals surface area contributed by atoms with Gasteiger partial charge in [-0.3, -0.25) is 4.90 Å². The third-order valence-electron chi connectivity index (χ3n) is 6.49. The van der Waals surface area contributed by atoms with Crippen LogP contribution < -0.4 is 9.64 Å². The summed E-state index contributed by atoms with van der Waals surface area (Å²) in [4.78, 5) is 10.5. The number of thiophene rings is 1. The highest BCUT2D eigenvalue weighted by molar-refractivity contribution is 7.17. The number of piperazine rings is 1. The molecular formula is C25H33Cl2N3O2S. The lowest BCUT2D eigenvalue weighted by Gasteiger charge is -2.36. The molecule has 0 unspecified atom stereocenters. The summed E-state index contributed by atoms with van der Waals surface area (Å²) in [6.45, 7) is 8.08. The molecule has 0 spiro atoms. The molecule has 0 aliphatic carbocycles. The van der Waals surface area contributed by atoms with Crippen LogP contribution in [-0.4, -0.2) is 62.9 Å². The van der Waals surface area contributed by atoms with Gasteiger partial charge in [0.05, 0.1) is 13.7 Å². The van der Waals surface area contributed by atoms with Gasteiger partial charge in [0, 0.05) is 61.6 Å². The molecule has 0 N–H and O–H groups in total. The third-order valence-corrected chi connectivity index (χ3v) is 7.37. The number of fused-ring (bicyclic) bond motifs is 2. The van der Waals surface area contributed by atoms with E-state index in [1.54, 1.807) is 7.11 Å². The predicted molar refractivity (Wildman–Crippen MR) is 143 cm³/mol. The number of hydrogen-bond donors (Lipinski definition) is 0. The number of hydrogen-bond acceptors (Lipinski definition) is 6. The van der Waals surface area contributed by atoms with Crippen LogP contribution in [0.4, 0.5) is 5.69 Å². The lowest BCUT2D eigenvalue weighted by atomic mass is 10.0. The maximum absolute atomic E-state index is 6.07. The van der Waals surface area contributed by atoms with Gasteiger partial charge in [0.2, 0.25) is 0 Å². The highest BCUT2D eigenvalue weighted by Crippen LogP contribution is 2.31. The van der Waals surface area contributed by atoms with Gasteiger partial charge in [-0.15, -0.1) is 36.2 Å². The van der Waals surface area contributed by atoms with Crippen LogP contribution in [0.2, 0.25) is 0 Å². The van der Waals surface area contributed by atoms with Crippen molar-refractivity contribution in [2.75, 3.05) is 57.9 Å². The van der Waals surface area contributed by atoms with Crippen molar-refractivity contribution in [3.8, 4) is 5.75 Å². The van der Waals surface area contributed by atoms with Gasteiger partial charge >= 0.3 is 0 Å². The number of ether oxygens (including phenoxy) is 1. The van der Waals surface area contributed by atoms with E-state index in [0.717, 1.165) is 71.0 Å². The Bertz CT molecular complexity index is 1020. The fourth-order valence-electron chi connectivity index (χ4n) is 4.70. The second-order valence-corrected chi connectivity index (χ2v) is 9.31. The van der Waals surface area contributed by atoms with Crippen molar-refractivity contribution in [2.24, 2.45) is 0 Å². The minimum atomic E-state index is 0. The Kier molecular flexibility index (Phi) is 9.68. The first-order valence-corrected chi connectivity index (χ1v) is 12.2. The van der Waals surface area contributed by atoms with Gasteiger partial charge < -0.3 is 14.5 Å². The van der Waals surface area contributed by atoms with Crippen LogP contribution in [0, 0.1) is 0 Å². The van der Waals surface area contributed by atoms with Crippen molar-refractivity contribution >= 4 is 51.9 Å². The molecule has 0 radical (unpaired) electrons. The molecule has 3 aromatic rings. The van der Waals surface area contributed by atoms with Crippen LogP contribution in [0.1, 0.15) is 17.5 Å². The van der Waals surface area contributed by atoms with Gasteiger partial charge in [-0.25, -0.2) is 0 Å². The normalized spacial score (nSPS) is 16.7. The second-order valence-electron chi connectivity index (χ2n) is 8.37. The molecule has 1 saturated heterocycles. The van der Waals surface area contributed by atoms with Crippen LogP contribution in [0.5, 0.6) is 5.75 Å². The molecule has 33 heavy (non-hydrogen) atoms. The molecule has 180 valence electrons. The molecule has 0 atom stereocenters. The number of halogens is 2. The van der Waals surface area contributed by atoms with Crippen LogP contribution >= 0.6 is 36.2 Å². The standard InChI is InChI=1S/C25H31N3O2S.2ClH/c1-29-28-11-8-20-6-7-22(18-21(20)19-28)30-16-3-10-26-12-14-27(15-13-26)24-4-2-5-25-23(24)9-17-31-25;;/h2,4-7,9,17-18H,3,8,10-16,19H2,1H3;2*1H. The van der Waals surface area contributed by atoms with Crippen LogP contribution in [0.15, 0.2) is 47.8 Å². The van der Waals surface area contributed by atoms with Gasteiger partial charge in [0.15, 0.2) is 0 Å². The Hall–Kier alpha value is -1.54. The van der Waals surface area contributed by atoms with E-state index in [0.29, 0.717) is 0 Å². The first kappa shape index (κ1) is 26.1. The van der Waals surface area contributed by atoms with Crippen molar-refractivity contribution in [1.29, 1.82) is 0 Å². The highest BCUT2D eigenvalue weighted by Gasteiger charge is 2.19. The summed E-state index contributed by atoms with van der Waals surface area (Å²) >= 11 is 1.83. The molecule has 5 nitrogen and oxygen atoms in total. The quantitative estimate of drug-likeness (QED) is 0.405. The minimum Gasteiger partial charge on any atom is -0.494 e. The van der Waals surface area contributed by atoms with E-state index < -0.39 is 0 Å². The fraction of sp³-hybridized carbons (Fsp3) is 0.440. The molecule has 1 fully saturated rings. The number of benzene rings is 2. The lowest BCUT2D eigenvalue weighted by Crippen LogP contribution is -2.46. The lowest BCUT2D eigenvalue weighted by molar-refractivity contribution is -0.142. The van der Waals surface area contributed by atoms with Gasteiger partial charge in [0.1, 0.15) is 5.75 Å². The molecule has 0 saturated carbocycles. The molecule has 2 aliphatic rings. The number of nitrogens with zero attached hydrogens (tertiary/aromatic N) is 3. The Morgan fingerprint density at radius 1 is 0.939 bits per heavy atom. The predicted octanol–water partition coefficient (Wildman–Crippen LogP) is 5.26. The Balaban J connectivity index is 0.00000153. The molecule has 8 heteroatoms. The summed E-state index contributed by atoms with van der Waals surface area (Å²) in [5.41, 5.74) is 4.13. The number of anilines is 1. The zero-order valence-electron chi connectivity index (χ0n) is 19.1. The molecule has 2 aromatic carbocycles. The molecule has 0 bridgehead atoms. The van der Waals surface area contributed by atoms with Gasteiger partial charge in [-0.1, -0.05) is 12.1 Å². The smallest absolute Gasteiger partial charge is 0.119 e. The van der Waals surface area contributed by atoms with Gasteiger partial charge in [0.25, 0.3) is 0 Å². The van der Waals surface area contributed by atoms with E-state index in [1.165, 1.54) is 26.9 Å². The molecule has 1 aromatic heterocycles. The summed E-state index contributed by atoms with van der Waals surface area (Å²) in [5.74, 6) is 0.977. The van der Waals surface area contributed by atoms with Crippen molar-refractivity contribution in [3.63, 3.8) is 0 Å². The van der Waals surface area contributed by atoms with Gasteiger partial charge in [-0.2, -0.15) is 5.06 Å². The monoisotopic (exact) mass is 509 g/mol. The summed E-state index contributed by atoms with van der Waals surface area (Å²) in [6, 6.07) is 15.4. The maximum atomic E-state index is 6.07. The first-order chi connectivity index (χ1) is 15.3. The van der Waals surface area contributed by atoms with E-state index in [-0.39, 0.29) is 24.8 Å². The Morgan fingerprint density at radius 3 is 2.61 bits per heavy atom. The molecule has 5 rings (SSSR count). The largest absolute Gasteiger partial charge is 0.494 e. The third kappa shape index (κ3) is 6.13. The highest BCUT2D eigenvalue weighted by atomic mass is 35.5. The average Bonchev–Trinajstić information content (AvgIpc) is 3.31. The molecule has 3 heterocycles. The van der Waals surface area contributed by atoms with E-state index in [4.69, 9.17) is 9.57 Å². The van der Waals surface area contributed by atoms with Crippen molar-refractivity contribution in [1.82, 2.24) is 9.96 Å². The Labute approximate surface area is 213 Å². The van der Waals surface area contributed by atoms with Gasteiger partial charge in [-0.05, 0) is 59.7 Å². The second kappa shape index (κ2) is 12.2.